The molecule has 0 aliphatic rings. The molecule has 2 rings (SSSR count). The predicted octanol–water partition coefficient (Wildman–Crippen LogP) is 2.72. The number of benzene rings is 1. The summed E-state index contributed by atoms with van der Waals surface area (Å²) < 4.78 is 1.08. The first-order chi connectivity index (χ1) is 5.66. The van der Waals surface area contributed by atoms with Crippen LogP contribution in [0.2, 0.25) is 5.02 Å². The summed E-state index contributed by atoms with van der Waals surface area (Å²) in [6, 6.07) is 5.57. The maximum atomic E-state index is 5.84. The third kappa shape index (κ3) is 1.11. The maximum Gasteiger partial charge on any atom is 0.0868 e. The van der Waals surface area contributed by atoms with E-state index in [9.17, 15) is 0 Å². The van der Waals surface area contributed by atoms with Crippen molar-refractivity contribution in [1.29, 1.82) is 0 Å². The van der Waals surface area contributed by atoms with E-state index in [1.165, 1.54) is 11.3 Å². The van der Waals surface area contributed by atoms with Crippen LogP contribution >= 0.6 is 22.9 Å². The van der Waals surface area contributed by atoms with Crippen LogP contribution in [0.15, 0.2) is 18.2 Å². The number of nitrogen functional groups attached to an aromatic ring is 2. The first-order valence-electron chi connectivity index (χ1n) is 3.41. The molecule has 1 heterocycles. The van der Waals surface area contributed by atoms with Gasteiger partial charge in [-0.05, 0) is 23.6 Å². The molecule has 0 saturated heterocycles. The molecule has 4 N–H and O–H groups in total. The lowest BCUT2D eigenvalue weighted by molar-refractivity contribution is 1.78. The molecular weight excluding hydrogens is 192 g/mol. The van der Waals surface area contributed by atoms with Crippen LogP contribution in [0.1, 0.15) is 0 Å². The van der Waals surface area contributed by atoms with E-state index >= 15 is 0 Å². The van der Waals surface area contributed by atoms with Crippen LogP contribution in [0.5, 0.6) is 0 Å². The standard InChI is InChI=1S/C8H7ClN2S/c9-5-3-7-4(1-6(5)10)2-8(11)12-7/h1-3H,10-11H2. The molecule has 0 spiro atoms. The van der Waals surface area contributed by atoms with Crippen molar-refractivity contribution in [3.05, 3.63) is 23.2 Å². The molecule has 2 nitrogen and oxygen atoms in total. The van der Waals surface area contributed by atoms with E-state index in [0.29, 0.717) is 10.7 Å². The molecule has 0 aliphatic carbocycles. The zero-order valence-corrected chi connectivity index (χ0v) is 7.75. The molecular formula is C8H7ClN2S. The molecule has 0 atom stereocenters. The summed E-state index contributed by atoms with van der Waals surface area (Å²) in [5.74, 6) is 0. The third-order valence-electron chi connectivity index (χ3n) is 1.65. The minimum Gasteiger partial charge on any atom is -0.398 e. The minimum atomic E-state index is 0.587. The van der Waals surface area contributed by atoms with Crippen molar-refractivity contribution >= 4 is 43.7 Å². The first-order valence-corrected chi connectivity index (χ1v) is 4.60. The molecule has 12 heavy (non-hydrogen) atoms. The number of thiophene rings is 1. The summed E-state index contributed by atoms with van der Waals surface area (Å²) in [5, 5.41) is 2.43. The highest BCUT2D eigenvalue weighted by atomic mass is 35.5. The van der Waals surface area contributed by atoms with E-state index in [0.717, 1.165) is 15.1 Å². The van der Waals surface area contributed by atoms with Gasteiger partial charge in [-0.1, -0.05) is 11.6 Å². The number of anilines is 2. The van der Waals surface area contributed by atoms with Crippen molar-refractivity contribution in [2.45, 2.75) is 0 Å². The Bertz CT molecular complexity index is 397. The SMILES string of the molecule is Nc1cc2cc(N)c(Cl)cc2s1. The van der Waals surface area contributed by atoms with Gasteiger partial charge >= 0.3 is 0 Å². The van der Waals surface area contributed by atoms with Gasteiger partial charge in [0.25, 0.3) is 0 Å². The van der Waals surface area contributed by atoms with Gasteiger partial charge in [0, 0.05) is 4.70 Å². The smallest absolute Gasteiger partial charge is 0.0868 e. The van der Waals surface area contributed by atoms with E-state index in [1.807, 2.05) is 18.2 Å². The summed E-state index contributed by atoms with van der Waals surface area (Å²) in [7, 11) is 0. The summed E-state index contributed by atoms with van der Waals surface area (Å²) in [6.45, 7) is 0. The van der Waals surface area contributed by atoms with Crippen molar-refractivity contribution in [2.75, 3.05) is 11.5 Å². The van der Waals surface area contributed by atoms with Crippen LogP contribution in [-0.2, 0) is 0 Å². The second-order valence-corrected chi connectivity index (χ2v) is 4.08. The Morgan fingerprint density at radius 3 is 2.67 bits per heavy atom. The van der Waals surface area contributed by atoms with Gasteiger partial charge in [0.2, 0.25) is 0 Å². The molecule has 0 amide bonds. The number of nitrogens with two attached hydrogens (primary N) is 2. The van der Waals surface area contributed by atoms with Crippen molar-refractivity contribution in [3.63, 3.8) is 0 Å². The molecule has 62 valence electrons. The normalized spacial score (nSPS) is 10.8. The molecule has 0 aliphatic heterocycles. The molecule has 1 aromatic heterocycles. The number of rotatable bonds is 0. The fraction of sp³-hybridized carbons (Fsp3) is 0. The zero-order valence-electron chi connectivity index (χ0n) is 6.17. The fourth-order valence-electron chi connectivity index (χ4n) is 1.10. The Kier molecular flexibility index (Phi) is 1.63. The largest absolute Gasteiger partial charge is 0.398 e. The molecule has 0 saturated carbocycles. The van der Waals surface area contributed by atoms with Crippen molar-refractivity contribution < 1.29 is 0 Å². The van der Waals surface area contributed by atoms with Crippen LogP contribution in [0, 0.1) is 0 Å². The Hall–Kier alpha value is -0.930. The zero-order chi connectivity index (χ0) is 8.72. The van der Waals surface area contributed by atoms with Crippen LogP contribution < -0.4 is 11.5 Å². The average molecular weight is 199 g/mol. The Balaban J connectivity index is 2.83. The third-order valence-corrected chi connectivity index (χ3v) is 2.91. The van der Waals surface area contributed by atoms with E-state index in [4.69, 9.17) is 23.1 Å². The summed E-state index contributed by atoms with van der Waals surface area (Å²) >= 11 is 7.35. The van der Waals surface area contributed by atoms with E-state index in [2.05, 4.69) is 0 Å². The van der Waals surface area contributed by atoms with Gasteiger partial charge in [-0.2, -0.15) is 0 Å². The van der Waals surface area contributed by atoms with Gasteiger partial charge in [0.1, 0.15) is 0 Å². The minimum absolute atomic E-state index is 0.587. The van der Waals surface area contributed by atoms with Crippen molar-refractivity contribution in [2.24, 2.45) is 0 Å². The van der Waals surface area contributed by atoms with Gasteiger partial charge in [-0.15, -0.1) is 11.3 Å². The highest BCUT2D eigenvalue weighted by Gasteiger charge is 2.02. The molecule has 4 heteroatoms. The van der Waals surface area contributed by atoms with Crippen molar-refractivity contribution in [3.8, 4) is 0 Å². The number of fused-ring (bicyclic) bond motifs is 1. The average Bonchev–Trinajstić information content (AvgIpc) is 2.30. The number of hydrogen-bond acceptors (Lipinski definition) is 3. The summed E-state index contributed by atoms with van der Waals surface area (Å²) in [5.41, 5.74) is 11.9. The van der Waals surface area contributed by atoms with Crippen LogP contribution in [0.4, 0.5) is 10.7 Å². The lowest BCUT2D eigenvalue weighted by Crippen LogP contribution is -1.84. The van der Waals surface area contributed by atoms with Gasteiger partial charge < -0.3 is 11.5 Å². The summed E-state index contributed by atoms with van der Waals surface area (Å²) in [6.07, 6.45) is 0. The second kappa shape index (κ2) is 2.54. The highest BCUT2D eigenvalue weighted by molar-refractivity contribution is 7.22. The quantitative estimate of drug-likeness (QED) is 0.640. The molecule has 0 bridgehead atoms. The topological polar surface area (TPSA) is 52.0 Å². The van der Waals surface area contributed by atoms with Crippen LogP contribution in [-0.4, -0.2) is 0 Å². The summed E-state index contributed by atoms with van der Waals surface area (Å²) in [4.78, 5) is 0. The van der Waals surface area contributed by atoms with Gasteiger partial charge in [-0.3, -0.25) is 0 Å². The Morgan fingerprint density at radius 1 is 1.17 bits per heavy atom. The monoisotopic (exact) mass is 198 g/mol. The Morgan fingerprint density at radius 2 is 1.92 bits per heavy atom. The van der Waals surface area contributed by atoms with Crippen LogP contribution in [0.25, 0.3) is 10.1 Å². The fourth-order valence-corrected chi connectivity index (χ4v) is 2.18. The first kappa shape index (κ1) is 7.71. The number of halogens is 1. The lowest BCUT2D eigenvalue weighted by Gasteiger charge is -1.95. The predicted molar refractivity (Wildman–Crippen MR) is 55.7 cm³/mol. The highest BCUT2D eigenvalue weighted by Crippen LogP contribution is 2.32. The van der Waals surface area contributed by atoms with Gasteiger partial charge in [0.15, 0.2) is 0 Å². The second-order valence-electron chi connectivity index (χ2n) is 2.56. The van der Waals surface area contributed by atoms with Crippen LogP contribution in [0.3, 0.4) is 0 Å². The maximum absolute atomic E-state index is 5.84. The molecule has 0 unspecified atom stereocenters. The molecule has 1 aromatic carbocycles. The lowest BCUT2D eigenvalue weighted by atomic mass is 10.2. The molecule has 0 radical (unpaired) electrons. The Labute approximate surface area is 78.7 Å². The van der Waals surface area contributed by atoms with Crippen molar-refractivity contribution in [1.82, 2.24) is 0 Å². The molecule has 2 aromatic rings. The van der Waals surface area contributed by atoms with Gasteiger partial charge in [0.05, 0.1) is 15.7 Å². The van der Waals surface area contributed by atoms with E-state index in [-0.39, 0.29) is 0 Å². The number of hydrogen-bond donors (Lipinski definition) is 2. The van der Waals surface area contributed by atoms with Gasteiger partial charge in [-0.25, -0.2) is 0 Å². The van der Waals surface area contributed by atoms with E-state index < -0.39 is 0 Å². The molecule has 0 fully saturated rings. The van der Waals surface area contributed by atoms with E-state index in [1.54, 1.807) is 0 Å².